The van der Waals surface area contributed by atoms with E-state index < -0.39 is 6.16 Å². The summed E-state index contributed by atoms with van der Waals surface area (Å²) >= 11 is 0. The first-order valence-corrected chi connectivity index (χ1v) is 17.8. The van der Waals surface area contributed by atoms with Gasteiger partial charge in [-0.05, 0) is 104 Å². The first kappa shape index (κ1) is 34.5. The van der Waals surface area contributed by atoms with Gasteiger partial charge in [0, 0.05) is 0 Å². The van der Waals surface area contributed by atoms with Crippen molar-refractivity contribution in [3.63, 3.8) is 0 Å². The topological polar surface area (TPSA) is 66.8 Å². The van der Waals surface area contributed by atoms with E-state index in [0.717, 1.165) is 61.2 Å². The van der Waals surface area contributed by atoms with E-state index in [1.165, 1.54) is 89.9 Å². The highest BCUT2D eigenvalue weighted by atomic mass is 16.7. The maximum atomic E-state index is 10.2. The molecule has 0 bridgehead atoms. The SMILES string of the molecule is CC(C)CCC[C@@H](C)[C@H]1CC[C@H]2[C@@H]3CC=C4C[C@@H](O)CC[C@]4(C)[C@H]3CC[C@]12C.CCCCCCCCCOC(=O)O. The molecule has 4 aliphatic rings. The van der Waals surface area contributed by atoms with Crippen LogP contribution >= 0.6 is 0 Å². The van der Waals surface area contributed by atoms with Crippen LogP contribution in [0, 0.1) is 46.3 Å². The average molecular weight is 575 g/mol. The number of aliphatic hydroxyl groups is 1. The number of ether oxygens (including phenoxy) is 1. The summed E-state index contributed by atoms with van der Waals surface area (Å²) < 4.78 is 4.39. The first-order chi connectivity index (χ1) is 19.5. The molecule has 0 unspecified atom stereocenters. The number of unbranched alkanes of at least 4 members (excludes halogenated alkanes) is 6. The Morgan fingerprint density at radius 3 is 2.32 bits per heavy atom. The van der Waals surface area contributed by atoms with E-state index in [1.807, 2.05) is 0 Å². The van der Waals surface area contributed by atoms with E-state index in [2.05, 4.69) is 52.4 Å². The zero-order chi connectivity index (χ0) is 30.0. The van der Waals surface area contributed by atoms with Crippen LogP contribution in [0.4, 0.5) is 4.79 Å². The van der Waals surface area contributed by atoms with Crippen molar-refractivity contribution in [1.29, 1.82) is 0 Å². The average Bonchev–Trinajstić information content (AvgIpc) is 3.28. The summed E-state index contributed by atoms with van der Waals surface area (Å²) in [6, 6.07) is 0. The van der Waals surface area contributed by atoms with Crippen molar-refractivity contribution in [3.8, 4) is 0 Å². The van der Waals surface area contributed by atoms with Crippen molar-refractivity contribution in [1.82, 2.24) is 0 Å². The van der Waals surface area contributed by atoms with E-state index in [-0.39, 0.29) is 6.10 Å². The summed E-state index contributed by atoms with van der Waals surface area (Å²) in [7, 11) is 0. The van der Waals surface area contributed by atoms with E-state index in [1.54, 1.807) is 5.57 Å². The van der Waals surface area contributed by atoms with Crippen molar-refractivity contribution >= 4 is 6.16 Å². The summed E-state index contributed by atoms with van der Waals surface area (Å²) in [6.07, 6.45) is 24.3. The summed E-state index contributed by atoms with van der Waals surface area (Å²) in [4.78, 5) is 9.95. The van der Waals surface area contributed by atoms with E-state index in [0.29, 0.717) is 17.4 Å². The Balaban J connectivity index is 0.000000302. The standard InChI is InChI=1S/C27H46O.C10H20O3/c1-18(2)7-6-8-19(3)23-11-12-24-22-10-9-20-17-21(28)13-15-26(20,4)25(22)14-16-27(23,24)5;1-2-3-4-5-6-7-8-9-13-10(11)12/h9,18-19,21-25,28H,6-8,10-17H2,1-5H3;2-9H2,1H3,(H,11,12)/t19-,21+,22+,23-,24+,25+,26+,27-;/m1./s1. The number of aliphatic hydroxyl groups excluding tert-OH is 1. The van der Waals surface area contributed by atoms with Crippen molar-refractivity contribution in [3.05, 3.63) is 11.6 Å². The number of hydrogen-bond donors (Lipinski definition) is 2. The van der Waals surface area contributed by atoms with Gasteiger partial charge in [0.25, 0.3) is 0 Å². The molecule has 0 spiro atoms. The molecule has 3 saturated carbocycles. The Labute approximate surface area is 253 Å². The Bertz CT molecular complexity index is 820. The lowest BCUT2D eigenvalue weighted by Crippen LogP contribution is -2.50. The quantitative estimate of drug-likeness (QED) is 0.130. The molecule has 4 nitrogen and oxygen atoms in total. The van der Waals surface area contributed by atoms with Crippen molar-refractivity contribution < 1.29 is 19.7 Å². The van der Waals surface area contributed by atoms with Gasteiger partial charge in [0.05, 0.1) is 12.7 Å². The molecular formula is C37H66O4. The van der Waals surface area contributed by atoms with Crippen molar-refractivity contribution in [2.75, 3.05) is 6.61 Å². The smallest absolute Gasteiger partial charge is 0.450 e. The van der Waals surface area contributed by atoms with Gasteiger partial charge in [-0.3, -0.25) is 0 Å². The van der Waals surface area contributed by atoms with Crippen LogP contribution in [0.1, 0.15) is 157 Å². The summed E-state index contributed by atoms with van der Waals surface area (Å²) in [5, 5.41) is 18.4. The fraction of sp³-hybridized carbons (Fsp3) is 0.919. The highest BCUT2D eigenvalue weighted by Gasteiger charge is 2.59. The van der Waals surface area contributed by atoms with Crippen LogP contribution in [0.5, 0.6) is 0 Å². The fourth-order valence-corrected chi connectivity index (χ4v) is 9.88. The summed E-state index contributed by atoms with van der Waals surface area (Å²) in [5.41, 5.74) is 2.60. The normalized spacial score (nSPS) is 34.9. The number of rotatable bonds is 13. The van der Waals surface area contributed by atoms with Gasteiger partial charge in [-0.15, -0.1) is 0 Å². The van der Waals surface area contributed by atoms with Crippen LogP contribution in [0.3, 0.4) is 0 Å². The zero-order valence-corrected chi connectivity index (χ0v) is 27.8. The fourth-order valence-electron chi connectivity index (χ4n) is 9.88. The summed E-state index contributed by atoms with van der Waals surface area (Å²) in [6.45, 7) is 15.1. The monoisotopic (exact) mass is 574 g/mol. The van der Waals surface area contributed by atoms with E-state index in [9.17, 15) is 9.90 Å². The number of hydrogen-bond acceptors (Lipinski definition) is 3. The second kappa shape index (κ2) is 16.2. The van der Waals surface area contributed by atoms with Crippen LogP contribution in [-0.4, -0.2) is 29.1 Å². The second-order valence-electron chi connectivity index (χ2n) is 15.4. The van der Waals surface area contributed by atoms with Crippen LogP contribution in [0.25, 0.3) is 0 Å². The Morgan fingerprint density at radius 2 is 1.63 bits per heavy atom. The predicted molar refractivity (Wildman–Crippen MR) is 171 cm³/mol. The molecule has 0 aromatic carbocycles. The molecule has 4 rings (SSSR count). The maximum Gasteiger partial charge on any atom is 0.505 e. The van der Waals surface area contributed by atoms with Gasteiger partial charge in [-0.1, -0.05) is 111 Å². The van der Waals surface area contributed by atoms with Gasteiger partial charge in [0.2, 0.25) is 0 Å². The Morgan fingerprint density at radius 1 is 0.927 bits per heavy atom. The second-order valence-corrected chi connectivity index (χ2v) is 15.4. The lowest BCUT2D eigenvalue weighted by atomic mass is 9.47. The summed E-state index contributed by atoms with van der Waals surface area (Å²) in [5.74, 6) is 5.46. The largest absolute Gasteiger partial charge is 0.505 e. The number of fused-ring (bicyclic) bond motifs is 5. The molecule has 0 saturated heterocycles. The van der Waals surface area contributed by atoms with Crippen LogP contribution in [-0.2, 0) is 4.74 Å². The number of carbonyl (C=O) groups is 1. The zero-order valence-electron chi connectivity index (χ0n) is 27.8. The molecule has 41 heavy (non-hydrogen) atoms. The van der Waals surface area contributed by atoms with Crippen LogP contribution in [0.15, 0.2) is 11.6 Å². The molecule has 0 aromatic rings. The third kappa shape index (κ3) is 8.99. The van der Waals surface area contributed by atoms with Gasteiger partial charge in [-0.2, -0.15) is 0 Å². The third-order valence-corrected chi connectivity index (χ3v) is 12.3. The lowest BCUT2D eigenvalue weighted by Gasteiger charge is -2.58. The molecule has 0 aromatic heterocycles. The molecule has 4 heteroatoms. The van der Waals surface area contributed by atoms with Gasteiger partial charge >= 0.3 is 6.16 Å². The van der Waals surface area contributed by atoms with E-state index >= 15 is 0 Å². The first-order valence-electron chi connectivity index (χ1n) is 17.8. The molecule has 0 radical (unpaired) electrons. The Hall–Kier alpha value is -1.03. The molecule has 4 aliphatic carbocycles. The molecule has 0 aliphatic heterocycles. The van der Waals surface area contributed by atoms with Gasteiger partial charge in [-0.25, -0.2) is 4.79 Å². The van der Waals surface area contributed by atoms with Gasteiger partial charge < -0.3 is 14.9 Å². The highest BCUT2D eigenvalue weighted by molar-refractivity contribution is 5.56. The molecule has 2 N–H and O–H groups in total. The minimum atomic E-state index is -1.16. The molecule has 238 valence electrons. The highest BCUT2D eigenvalue weighted by Crippen LogP contribution is 2.67. The molecular weight excluding hydrogens is 508 g/mol. The minimum Gasteiger partial charge on any atom is -0.450 e. The van der Waals surface area contributed by atoms with E-state index in [4.69, 9.17) is 5.11 Å². The number of allylic oxidation sites excluding steroid dienone is 1. The third-order valence-electron chi connectivity index (χ3n) is 12.3. The lowest BCUT2D eigenvalue weighted by molar-refractivity contribution is -0.0573. The molecule has 0 heterocycles. The van der Waals surface area contributed by atoms with Gasteiger partial charge in [0.1, 0.15) is 0 Å². The van der Waals surface area contributed by atoms with Crippen LogP contribution < -0.4 is 0 Å². The Kier molecular flexibility index (Phi) is 13.6. The predicted octanol–water partition coefficient (Wildman–Crippen LogP) is 10.8. The van der Waals surface area contributed by atoms with Crippen molar-refractivity contribution in [2.45, 2.75) is 163 Å². The number of carboxylic acid groups (broad SMARTS) is 1. The molecule has 8 atom stereocenters. The van der Waals surface area contributed by atoms with Gasteiger partial charge in [0.15, 0.2) is 0 Å². The maximum absolute atomic E-state index is 10.2. The van der Waals surface area contributed by atoms with Crippen molar-refractivity contribution in [2.24, 2.45) is 46.3 Å². The molecule has 0 amide bonds. The molecule has 3 fully saturated rings. The van der Waals surface area contributed by atoms with Crippen LogP contribution in [0.2, 0.25) is 0 Å². The minimum absolute atomic E-state index is 0.0766.